The van der Waals surface area contributed by atoms with Gasteiger partial charge in [0.15, 0.2) is 0 Å². The first-order valence-electron chi connectivity index (χ1n) is 3.76. The molecule has 0 aromatic heterocycles. The molecule has 2 heteroatoms. The standard InChI is InChI=1S/C10H14O2/c1-4-9(2)7-5-6-8-10(11)12-3/h4-8H,1-3H3/b7-5+,8-6+,9-4+. The Labute approximate surface area is 73.2 Å². The van der Waals surface area contributed by atoms with Crippen molar-refractivity contribution in [2.45, 2.75) is 13.8 Å². The molecular weight excluding hydrogens is 152 g/mol. The highest BCUT2D eigenvalue weighted by atomic mass is 16.5. The van der Waals surface area contributed by atoms with Crippen LogP contribution in [0.2, 0.25) is 0 Å². The summed E-state index contributed by atoms with van der Waals surface area (Å²) in [6, 6.07) is 0. The summed E-state index contributed by atoms with van der Waals surface area (Å²) in [5.74, 6) is -0.335. The van der Waals surface area contributed by atoms with Crippen molar-refractivity contribution in [3.05, 3.63) is 36.0 Å². The molecule has 0 spiro atoms. The summed E-state index contributed by atoms with van der Waals surface area (Å²) in [7, 11) is 1.35. The summed E-state index contributed by atoms with van der Waals surface area (Å²) in [4.78, 5) is 10.6. The van der Waals surface area contributed by atoms with Crippen LogP contribution >= 0.6 is 0 Å². The fraction of sp³-hybridized carbons (Fsp3) is 0.300. The lowest BCUT2D eigenvalue weighted by atomic mass is 10.2. The maximum absolute atomic E-state index is 10.6. The average molecular weight is 166 g/mol. The van der Waals surface area contributed by atoms with Crippen LogP contribution in [0.25, 0.3) is 0 Å². The summed E-state index contributed by atoms with van der Waals surface area (Å²) in [6.07, 6.45) is 8.73. The molecule has 0 N–H and O–H groups in total. The maximum atomic E-state index is 10.6. The monoisotopic (exact) mass is 166 g/mol. The normalized spacial score (nSPS) is 12.8. The lowest BCUT2D eigenvalue weighted by Crippen LogP contribution is -1.92. The van der Waals surface area contributed by atoms with Gasteiger partial charge in [0.2, 0.25) is 0 Å². The van der Waals surface area contributed by atoms with E-state index >= 15 is 0 Å². The Bertz CT molecular complexity index is 222. The van der Waals surface area contributed by atoms with Crippen LogP contribution in [0.5, 0.6) is 0 Å². The molecule has 12 heavy (non-hydrogen) atoms. The molecule has 0 aliphatic heterocycles. The van der Waals surface area contributed by atoms with Gasteiger partial charge in [-0.15, -0.1) is 0 Å². The predicted molar refractivity (Wildman–Crippen MR) is 49.7 cm³/mol. The molecule has 0 aromatic carbocycles. The molecular formula is C10H14O2. The second-order valence-corrected chi connectivity index (χ2v) is 2.27. The van der Waals surface area contributed by atoms with E-state index in [-0.39, 0.29) is 5.97 Å². The number of rotatable bonds is 3. The van der Waals surface area contributed by atoms with Crippen LogP contribution in [-0.4, -0.2) is 13.1 Å². The van der Waals surface area contributed by atoms with Crippen molar-refractivity contribution in [2.75, 3.05) is 7.11 Å². The van der Waals surface area contributed by atoms with E-state index in [1.807, 2.05) is 26.0 Å². The van der Waals surface area contributed by atoms with Crippen LogP contribution in [-0.2, 0) is 9.53 Å². The molecule has 2 nitrogen and oxygen atoms in total. The van der Waals surface area contributed by atoms with Crippen molar-refractivity contribution in [1.29, 1.82) is 0 Å². The minimum atomic E-state index is -0.335. The summed E-state index contributed by atoms with van der Waals surface area (Å²) in [5.41, 5.74) is 1.16. The molecule has 66 valence electrons. The van der Waals surface area contributed by atoms with Crippen molar-refractivity contribution in [3.63, 3.8) is 0 Å². The van der Waals surface area contributed by atoms with Crippen molar-refractivity contribution >= 4 is 5.97 Å². The first-order valence-corrected chi connectivity index (χ1v) is 3.76. The Hall–Kier alpha value is -1.31. The number of methoxy groups -OCH3 is 1. The van der Waals surface area contributed by atoms with Gasteiger partial charge in [-0.05, 0) is 13.8 Å². The largest absolute Gasteiger partial charge is 0.466 e. The zero-order valence-corrected chi connectivity index (χ0v) is 7.70. The number of carbonyl (C=O) groups is 1. The molecule has 0 aromatic rings. The fourth-order valence-corrected chi connectivity index (χ4v) is 0.506. The van der Waals surface area contributed by atoms with Crippen molar-refractivity contribution in [2.24, 2.45) is 0 Å². The van der Waals surface area contributed by atoms with E-state index in [4.69, 9.17) is 0 Å². The van der Waals surface area contributed by atoms with Gasteiger partial charge in [0, 0.05) is 6.08 Å². The van der Waals surface area contributed by atoms with Crippen LogP contribution in [0.1, 0.15) is 13.8 Å². The predicted octanol–water partition coefficient (Wildman–Crippen LogP) is 2.24. The van der Waals surface area contributed by atoms with Gasteiger partial charge in [-0.2, -0.15) is 0 Å². The first-order chi connectivity index (χ1) is 5.70. The highest BCUT2D eigenvalue weighted by Gasteiger charge is 1.86. The Kier molecular flexibility index (Phi) is 5.70. The van der Waals surface area contributed by atoms with Crippen LogP contribution in [0.3, 0.4) is 0 Å². The second kappa shape index (κ2) is 6.40. The minimum Gasteiger partial charge on any atom is -0.466 e. The van der Waals surface area contributed by atoms with E-state index in [1.54, 1.807) is 12.2 Å². The highest BCUT2D eigenvalue weighted by molar-refractivity contribution is 5.82. The topological polar surface area (TPSA) is 26.3 Å². The molecule has 0 heterocycles. The van der Waals surface area contributed by atoms with Gasteiger partial charge in [0.05, 0.1) is 7.11 Å². The fourth-order valence-electron chi connectivity index (χ4n) is 0.506. The maximum Gasteiger partial charge on any atom is 0.330 e. The summed E-state index contributed by atoms with van der Waals surface area (Å²) >= 11 is 0. The molecule has 0 fully saturated rings. The minimum absolute atomic E-state index is 0.335. The molecule has 0 unspecified atom stereocenters. The molecule has 0 bridgehead atoms. The van der Waals surface area contributed by atoms with Crippen LogP contribution in [0.4, 0.5) is 0 Å². The van der Waals surface area contributed by atoms with Gasteiger partial charge >= 0.3 is 5.97 Å². The lowest BCUT2D eigenvalue weighted by Gasteiger charge is -1.87. The van der Waals surface area contributed by atoms with Crippen molar-refractivity contribution < 1.29 is 9.53 Å². The molecule has 0 saturated carbocycles. The highest BCUT2D eigenvalue weighted by Crippen LogP contribution is 1.93. The number of hydrogen-bond donors (Lipinski definition) is 0. The Morgan fingerprint density at radius 2 is 1.83 bits per heavy atom. The van der Waals surface area contributed by atoms with Crippen LogP contribution < -0.4 is 0 Å². The van der Waals surface area contributed by atoms with E-state index in [2.05, 4.69) is 4.74 Å². The first kappa shape index (κ1) is 10.7. The van der Waals surface area contributed by atoms with Gasteiger partial charge in [-0.1, -0.05) is 29.9 Å². The Morgan fingerprint density at radius 1 is 1.25 bits per heavy atom. The third kappa shape index (κ3) is 5.47. The van der Waals surface area contributed by atoms with E-state index in [1.165, 1.54) is 13.2 Å². The smallest absolute Gasteiger partial charge is 0.330 e. The average Bonchev–Trinajstić information content (AvgIpc) is 2.11. The number of hydrogen-bond acceptors (Lipinski definition) is 2. The van der Waals surface area contributed by atoms with E-state index in [0.29, 0.717) is 0 Å². The molecule has 0 aliphatic carbocycles. The van der Waals surface area contributed by atoms with Gasteiger partial charge in [-0.25, -0.2) is 4.79 Å². The summed E-state index contributed by atoms with van der Waals surface area (Å²) in [5, 5.41) is 0. The van der Waals surface area contributed by atoms with Gasteiger partial charge in [-0.3, -0.25) is 0 Å². The quantitative estimate of drug-likeness (QED) is 0.365. The van der Waals surface area contributed by atoms with E-state index in [9.17, 15) is 4.79 Å². The van der Waals surface area contributed by atoms with Crippen LogP contribution in [0.15, 0.2) is 36.0 Å². The molecule has 0 radical (unpaired) electrons. The molecule has 0 atom stereocenters. The number of allylic oxidation sites excluding steroid dienone is 5. The number of esters is 1. The zero-order valence-electron chi connectivity index (χ0n) is 7.70. The van der Waals surface area contributed by atoms with Gasteiger partial charge < -0.3 is 4.74 Å². The summed E-state index contributed by atoms with van der Waals surface area (Å²) in [6.45, 7) is 3.95. The third-order valence-electron chi connectivity index (χ3n) is 1.36. The molecule has 0 rings (SSSR count). The third-order valence-corrected chi connectivity index (χ3v) is 1.36. The van der Waals surface area contributed by atoms with Crippen molar-refractivity contribution in [1.82, 2.24) is 0 Å². The van der Waals surface area contributed by atoms with E-state index < -0.39 is 0 Å². The Balaban J connectivity index is 3.89. The molecule has 0 saturated heterocycles. The zero-order chi connectivity index (χ0) is 9.40. The second-order valence-electron chi connectivity index (χ2n) is 2.27. The van der Waals surface area contributed by atoms with Crippen LogP contribution in [0, 0.1) is 0 Å². The lowest BCUT2D eigenvalue weighted by molar-refractivity contribution is -0.134. The summed E-state index contributed by atoms with van der Waals surface area (Å²) < 4.78 is 4.41. The SMILES string of the molecule is C/C=C(C)/C=C/C=C/C(=O)OC. The number of carbonyl (C=O) groups excluding carboxylic acids is 1. The van der Waals surface area contributed by atoms with Crippen molar-refractivity contribution in [3.8, 4) is 0 Å². The molecule has 0 amide bonds. The Morgan fingerprint density at radius 3 is 2.33 bits per heavy atom. The van der Waals surface area contributed by atoms with Gasteiger partial charge in [0.1, 0.15) is 0 Å². The number of ether oxygens (including phenoxy) is 1. The van der Waals surface area contributed by atoms with E-state index in [0.717, 1.165) is 5.57 Å². The molecule has 0 aliphatic rings. The van der Waals surface area contributed by atoms with Gasteiger partial charge in [0.25, 0.3) is 0 Å².